The van der Waals surface area contributed by atoms with E-state index in [9.17, 15) is 4.79 Å². The zero-order chi connectivity index (χ0) is 15.2. The molecule has 2 heterocycles. The van der Waals surface area contributed by atoms with Crippen molar-refractivity contribution in [2.75, 3.05) is 38.7 Å². The van der Waals surface area contributed by atoms with Gasteiger partial charge in [0.1, 0.15) is 0 Å². The maximum Gasteiger partial charge on any atom is 0.305 e. The first-order chi connectivity index (χ1) is 10.1. The highest BCUT2D eigenvalue weighted by molar-refractivity contribution is 7.13. The minimum Gasteiger partial charge on any atom is -0.469 e. The Morgan fingerprint density at radius 2 is 2.33 bits per heavy atom. The summed E-state index contributed by atoms with van der Waals surface area (Å²) in [4.78, 5) is 20.8. The molecular formula is C15H25N3O2S. The zero-order valence-electron chi connectivity index (χ0n) is 13.2. The normalized spacial score (nSPS) is 20.3. The molecule has 1 aliphatic rings. The molecule has 1 aromatic rings. The molecule has 0 aliphatic carbocycles. The monoisotopic (exact) mass is 311 g/mol. The maximum atomic E-state index is 11.2. The number of aryl methyl sites for hydroxylation is 1. The summed E-state index contributed by atoms with van der Waals surface area (Å²) in [6, 6.07) is 0.525. The molecule has 1 aliphatic heterocycles. The van der Waals surface area contributed by atoms with Crippen LogP contribution in [-0.2, 0) is 16.0 Å². The zero-order valence-corrected chi connectivity index (χ0v) is 14.0. The number of nitrogens with zero attached hydrogens (tertiary/aromatic N) is 3. The van der Waals surface area contributed by atoms with Crippen LogP contribution in [0.1, 0.15) is 31.9 Å². The van der Waals surface area contributed by atoms with Gasteiger partial charge < -0.3 is 14.5 Å². The van der Waals surface area contributed by atoms with Crippen LogP contribution in [-0.4, -0.2) is 55.7 Å². The van der Waals surface area contributed by atoms with Crippen LogP contribution in [0, 0.1) is 0 Å². The van der Waals surface area contributed by atoms with Gasteiger partial charge in [0, 0.05) is 30.9 Å². The summed E-state index contributed by atoms with van der Waals surface area (Å²) in [5.41, 5.74) is 0.993. The topological polar surface area (TPSA) is 45.7 Å². The molecule has 0 spiro atoms. The lowest BCUT2D eigenvalue weighted by Gasteiger charge is -2.29. The van der Waals surface area contributed by atoms with Gasteiger partial charge in [0.2, 0.25) is 0 Å². The average Bonchev–Trinajstić information content (AvgIpc) is 2.87. The lowest BCUT2D eigenvalue weighted by Crippen LogP contribution is -2.39. The van der Waals surface area contributed by atoms with Crippen LogP contribution in [0.2, 0.25) is 0 Å². The predicted molar refractivity (Wildman–Crippen MR) is 86.0 cm³/mol. The molecule has 118 valence electrons. The van der Waals surface area contributed by atoms with Crippen LogP contribution >= 0.6 is 11.3 Å². The standard InChI is InChI=1S/C15H25N3O2S/c1-4-13-10-17(2)8-5-9-18(13)15-16-12(11-21-15)6-7-14(19)20-3/h11,13H,4-10H2,1-3H3. The molecule has 1 aromatic heterocycles. The van der Waals surface area contributed by atoms with Gasteiger partial charge in [0.05, 0.1) is 19.2 Å². The fourth-order valence-corrected chi connectivity index (χ4v) is 3.68. The highest BCUT2D eigenvalue weighted by atomic mass is 32.1. The molecule has 0 aromatic carbocycles. The molecule has 0 amide bonds. The summed E-state index contributed by atoms with van der Waals surface area (Å²) in [5.74, 6) is -0.174. The van der Waals surface area contributed by atoms with Crippen molar-refractivity contribution in [1.29, 1.82) is 0 Å². The van der Waals surface area contributed by atoms with Gasteiger partial charge >= 0.3 is 5.97 Å². The van der Waals surface area contributed by atoms with Gasteiger partial charge in [-0.25, -0.2) is 4.98 Å². The van der Waals surface area contributed by atoms with Crippen molar-refractivity contribution in [3.8, 4) is 0 Å². The number of likely N-dealkylation sites (N-methyl/N-ethyl adjacent to an activating group) is 1. The Morgan fingerprint density at radius 3 is 3.05 bits per heavy atom. The summed E-state index contributed by atoms with van der Waals surface area (Å²) in [6.07, 6.45) is 3.36. The first kappa shape index (κ1) is 16.2. The summed E-state index contributed by atoms with van der Waals surface area (Å²) in [6.45, 7) is 5.54. The summed E-state index contributed by atoms with van der Waals surface area (Å²) in [5, 5.41) is 3.16. The van der Waals surface area contributed by atoms with Crippen molar-refractivity contribution in [2.24, 2.45) is 0 Å². The first-order valence-corrected chi connectivity index (χ1v) is 8.48. The molecule has 0 radical (unpaired) electrons. The van der Waals surface area contributed by atoms with Gasteiger partial charge in [-0.2, -0.15) is 0 Å². The van der Waals surface area contributed by atoms with E-state index in [2.05, 4.69) is 33.9 Å². The lowest BCUT2D eigenvalue weighted by atomic mass is 10.2. The molecule has 0 bridgehead atoms. The van der Waals surface area contributed by atoms with Crippen molar-refractivity contribution in [1.82, 2.24) is 9.88 Å². The Bertz CT molecular complexity index is 464. The SMILES string of the molecule is CCC1CN(C)CCCN1c1nc(CCC(=O)OC)cs1. The van der Waals surface area contributed by atoms with Crippen LogP contribution < -0.4 is 4.90 Å². The summed E-state index contributed by atoms with van der Waals surface area (Å²) >= 11 is 1.69. The summed E-state index contributed by atoms with van der Waals surface area (Å²) in [7, 11) is 3.62. The van der Waals surface area contributed by atoms with Crippen LogP contribution in [0.4, 0.5) is 5.13 Å². The van der Waals surface area contributed by atoms with Crippen LogP contribution in [0.25, 0.3) is 0 Å². The van der Waals surface area contributed by atoms with E-state index in [1.165, 1.54) is 13.5 Å². The van der Waals surface area contributed by atoms with Gasteiger partial charge in [-0.3, -0.25) is 4.79 Å². The Balaban J connectivity index is 2.02. The molecule has 1 unspecified atom stereocenters. The maximum absolute atomic E-state index is 11.2. The number of thiazole rings is 1. The number of anilines is 1. The van der Waals surface area contributed by atoms with E-state index in [0.29, 0.717) is 18.9 Å². The highest BCUT2D eigenvalue weighted by Crippen LogP contribution is 2.26. The van der Waals surface area contributed by atoms with Gasteiger partial charge in [-0.05, 0) is 26.4 Å². The summed E-state index contributed by atoms with van der Waals surface area (Å²) < 4.78 is 4.68. The quantitative estimate of drug-likeness (QED) is 0.780. The van der Waals surface area contributed by atoms with Crippen LogP contribution in [0.3, 0.4) is 0 Å². The molecule has 1 atom stereocenters. The second-order valence-electron chi connectivity index (χ2n) is 5.57. The average molecular weight is 311 g/mol. The number of hydrogen-bond donors (Lipinski definition) is 0. The number of aromatic nitrogens is 1. The Hall–Kier alpha value is -1.14. The third-order valence-corrected chi connectivity index (χ3v) is 4.90. The number of methoxy groups -OCH3 is 1. The fourth-order valence-electron chi connectivity index (χ4n) is 2.72. The molecule has 1 saturated heterocycles. The Kier molecular flexibility index (Phi) is 5.99. The van der Waals surface area contributed by atoms with Crippen molar-refractivity contribution in [2.45, 2.75) is 38.6 Å². The second-order valence-corrected chi connectivity index (χ2v) is 6.41. The first-order valence-electron chi connectivity index (χ1n) is 7.60. The lowest BCUT2D eigenvalue weighted by molar-refractivity contribution is -0.140. The molecule has 2 rings (SSSR count). The van der Waals surface area contributed by atoms with E-state index >= 15 is 0 Å². The second kappa shape index (κ2) is 7.75. The highest BCUT2D eigenvalue weighted by Gasteiger charge is 2.24. The predicted octanol–water partition coefficient (Wildman–Crippen LogP) is 2.17. The van der Waals surface area contributed by atoms with Crippen molar-refractivity contribution >= 4 is 22.4 Å². The van der Waals surface area contributed by atoms with E-state index in [-0.39, 0.29) is 5.97 Å². The van der Waals surface area contributed by atoms with Gasteiger partial charge in [0.15, 0.2) is 5.13 Å². The minimum absolute atomic E-state index is 0.174. The number of carbonyl (C=O) groups is 1. The van der Waals surface area contributed by atoms with Crippen molar-refractivity contribution in [3.05, 3.63) is 11.1 Å². The number of carbonyl (C=O) groups excluding carboxylic acids is 1. The Morgan fingerprint density at radius 1 is 1.52 bits per heavy atom. The third-order valence-electron chi connectivity index (χ3n) is 3.97. The van der Waals surface area contributed by atoms with E-state index in [1.807, 2.05) is 0 Å². The minimum atomic E-state index is -0.174. The van der Waals surface area contributed by atoms with E-state index < -0.39 is 0 Å². The number of rotatable bonds is 5. The van der Waals surface area contributed by atoms with Crippen LogP contribution in [0.15, 0.2) is 5.38 Å². The molecule has 0 N–H and O–H groups in total. The molecular weight excluding hydrogens is 286 g/mol. The van der Waals surface area contributed by atoms with E-state index in [0.717, 1.165) is 36.9 Å². The molecule has 1 fully saturated rings. The van der Waals surface area contributed by atoms with Crippen molar-refractivity contribution < 1.29 is 9.53 Å². The smallest absolute Gasteiger partial charge is 0.305 e. The molecule has 5 nitrogen and oxygen atoms in total. The number of ether oxygens (including phenoxy) is 1. The molecule has 0 saturated carbocycles. The van der Waals surface area contributed by atoms with Crippen LogP contribution in [0.5, 0.6) is 0 Å². The molecule has 21 heavy (non-hydrogen) atoms. The van der Waals surface area contributed by atoms with E-state index in [1.54, 1.807) is 11.3 Å². The molecule has 6 heteroatoms. The Labute approximate surface area is 130 Å². The van der Waals surface area contributed by atoms with Gasteiger partial charge in [-0.1, -0.05) is 6.92 Å². The van der Waals surface area contributed by atoms with Gasteiger partial charge in [-0.15, -0.1) is 11.3 Å². The van der Waals surface area contributed by atoms with Gasteiger partial charge in [0.25, 0.3) is 0 Å². The van der Waals surface area contributed by atoms with Crippen molar-refractivity contribution in [3.63, 3.8) is 0 Å². The number of esters is 1. The fraction of sp³-hybridized carbons (Fsp3) is 0.733. The number of hydrogen-bond acceptors (Lipinski definition) is 6. The van der Waals surface area contributed by atoms with E-state index in [4.69, 9.17) is 4.98 Å². The third kappa shape index (κ3) is 4.41. The largest absolute Gasteiger partial charge is 0.469 e.